The second-order valence-corrected chi connectivity index (χ2v) is 6.15. The Morgan fingerprint density at radius 2 is 2.10 bits per heavy atom. The highest BCUT2D eigenvalue weighted by atomic mass is 35.5. The molecular formula is C15H22ClN3O2. The molecule has 1 amide bonds. The smallest absolute Gasteiger partial charge is 0.274 e. The minimum Gasteiger partial charge on any atom is -0.321 e. The number of amides is 1. The number of hydrogen-bond donors (Lipinski definition) is 2. The molecule has 2 aliphatic rings. The van der Waals surface area contributed by atoms with Crippen molar-refractivity contribution in [2.45, 2.75) is 26.2 Å². The summed E-state index contributed by atoms with van der Waals surface area (Å²) < 4.78 is 1.50. The maximum absolute atomic E-state index is 12.4. The molecule has 2 N–H and O–H groups in total. The lowest BCUT2D eigenvalue weighted by atomic mass is 9.92. The SMILES string of the molecule is Cc1ccn(C)c(=O)c1NC(=O)C1CC12CCNCC2.Cl. The van der Waals surface area contributed by atoms with Crippen LogP contribution in [0.3, 0.4) is 0 Å². The van der Waals surface area contributed by atoms with Crippen LogP contribution in [0.15, 0.2) is 17.1 Å². The van der Waals surface area contributed by atoms with Gasteiger partial charge in [0.25, 0.3) is 5.56 Å². The normalized spacial score (nSPS) is 22.5. The number of aromatic nitrogens is 1. The van der Waals surface area contributed by atoms with Crippen LogP contribution < -0.4 is 16.2 Å². The van der Waals surface area contributed by atoms with Crippen molar-refractivity contribution in [3.8, 4) is 0 Å². The van der Waals surface area contributed by atoms with Gasteiger partial charge in [0.1, 0.15) is 5.69 Å². The number of nitrogens with one attached hydrogen (secondary N) is 2. The summed E-state index contributed by atoms with van der Waals surface area (Å²) in [6.07, 6.45) is 4.82. The van der Waals surface area contributed by atoms with E-state index in [1.54, 1.807) is 13.2 Å². The van der Waals surface area contributed by atoms with E-state index in [0.717, 1.165) is 37.9 Å². The molecule has 1 atom stereocenters. The molecule has 0 radical (unpaired) electrons. The van der Waals surface area contributed by atoms with Crippen molar-refractivity contribution in [1.29, 1.82) is 0 Å². The zero-order valence-electron chi connectivity index (χ0n) is 12.4. The highest BCUT2D eigenvalue weighted by Crippen LogP contribution is 2.58. The van der Waals surface area contributed by atoms with Gasteiger partial charge in [-0.3, -0.25) is 9.59 Å². The molecule has 1 aromatic rings. The lowest BCUT2D eigenvalue weighted by Gasteiger charge is -2.23. The van der Waals surface area contributed by atoms with Gasteiger partial charge in [0.15, 0.2) is 0 Å². The summed E-state index contributed by atoms with van der Waals surface area (Å²) in [6.45, 7) is 3.84. The number of pyridine rings is 1. The minimum atomic E-state index is -0.140. The van der Waals surface area contributed by atoms with Crippen molar-refractivity contribution in [3.05, 3.63) is 28.2 Å². The predicted octanol–water partition coefficient (Wildman–Crippen LogP) is 1.44. The van der Waals surface area contributed by atoms with Crippen molar-refractivity contribution in [2.75, 3.05) is 18.4 Å². The van der Waals surface area contributed by atoms with E-state index < -0.39 is 0 Å². The van der Waals surface area contributed by atoms with Crippen LogP contribution in [-0.2, 0) is 11.8 Å². The van der Waals surface area contributed by atoms with E-state index in [1.807, 2.05) is 13.0 Å². The fourth-order valence-electron chi connectivity index (χ4n) is 3.28. The summed E-state index contributed by atoms with van der Waals surface area (Å²) in [5.74, 6) is 0.0900. The van der Waals surface area contributed by atoms with Crippen LogP contribution in [-0.4, -0.2) is 23.6 Å². The van der Waals surface area contributed by atoms with Crippen molar-refractivity contribution in [2.24, 2.45) is 18.4 Å². The van der Waals surface area contributed by atoms with E-state index in [2.05, 4.69) is 10.6 Å². The lowest BCUT2D eigenvalue weighted by Crippen LogP contribution is -2.32. The van der Waals surface area contributed by atoms with Crippen molar-refractivity contribution in [3.63, 3.8) is 0 Å². The number of hydrogen-bond acceptors (Lipinski definition) is 3. The van der Waals surface area contributed by atoms with Crippen molar-refractivity contribution < 1.29 is 4.79 Å². The fraction of sp³-hybridized carbons (Fsp3) is 0.600. The first kappa shape index (κ1) is 16.0. The van der Waals surface area contributed by atoms with E-state index in [9.17, 15) is 9.59 Å². The Kier molecular flexibility index (Phi) is 4.44. The first-order valence-corrected chi connectivity index (χ1v) is 7.21. The molecule has 0 bridgehead atoms. The Hall–Kier alpha value is -1.33. The molecule has 1 aliphatic carbocycles. The highest BCUT2D eigenvalue weighted by Gasteiger charge is 2.57. The van der Waals surface area contributed by atoms with Crippen LogP contribution >= 0.6 is 12.4 Å². The largest absolute Gasteiger partial charge is 0.321 e. The summed E-state index contributed by atoms with van der Waals surface area (Å²) >= 11 is 0. The van der Waals surface area contributed by atoms with Gasteiger partial charge in [-0.2, -0.15) is 0 Å². The Morgan fingerprint density at radius 3 is 2.76 bits per heavy atom. The number of aryl methyl sites for hydroxylation is 2. The van der Waals surface area contributed by atoms with Crippen molar-refractivity contribution in [1.82, 2.24) is 9.88 Å². The van der Waals surface area contributed by atoms with Crippen LogP contribution in [0.1, 0.15) is 24.8 Å². The van der Waals surface area contributed by atoms with E-state index in [1.165, 1.54) is 4.57 Å². The molecule has 1 aromatic heterocycles. The molecule has 1 saturated carbocycles. The number of rotatable bonds is 2. The van der Waals surface area contributed by atoms with E-state index >= 15 is 0 Å². The molecule has 3 rings (SSSR count). The van der Waals surface area contributed by atoms with Crippen LogP contribution in [0.25, 0.3) is 0 Å². The third-order valence-corrected chi connectivity index (χ3v) is 4.83. The highest BCUT2D eigenvalue weighted by molar-refractivity contribution is 5.95. The molecule has 6 heteroatoms. The number of anilines is 1. The molecule has 1 saturated heterocycles. The van der Waals surface area contributed by atoms with Gasteiger partial charge >= 0.3 is 0 Å². The summed E-state index contributed by atoms with van der Waals surface area (Å²) in [5.41, 5.74) is 1.30. The molecule has 2 fully saturated rings. The molecule has 1 aliphatic heterocycles. The predicted molar refractivity (Wildman–Crippen MR) is 84.9 cm³/mol. The molecule has 1 unspecified atom stereocenters. The lowest BCUT2D eigenvalue weighted by molar-refractivity contribution is -0.118. The number of carbonyl (C=O) groups excluding carboxylic acids is 1. The van der Waals surface area contributed by atoms with Gasteiger partial charge in [-0.15, -0.1) is 12.4 Å². The third-order valence-electron chi connectivity index (χ3n) is 4.83. The number of piperidine rings is 1. The Labute approximate surface area is 130 Å². The molecule has 5 nitrogen and oxygen atoms in total. The molecule has 2 heterocycles. The first-order chi connectivity index (χ1) is 9.53. The number of nitrogens with zero attached hydrogens (tertiary/aromatic N) is 1. The summed E-state index contributed by atoms with van der Waals surface area (Å²) in [5, 5.41) is 6.19. The maximum atomic E-state index is 12.4. The van der Waals surface area contributed by atoms with Crippen LogP contribution in [0.2, 0.25) is 0 Å². The molecule has 0 aromatic carbocycles. The summed E-state index contributed by atoms with van der Waals surface area (Å²) in [7, 11) is 1.70. The summed E-state index contributed by atoms with van der Waals surface area (Å²) in [6, 6.07) is 1.85. The quantitative estimate of drug-likeness (QED) is 0.869. The van der Waals surface area contributed by atoms with Gasteiger partial charge in [-0.05, 0) is 56.3 Å². The molecular weight excluding hydrogens is 290 g/mol. The van der Waals surface area contributed by atoms with E-state index in [0.29, 0.717) is 5.69 Å². The molecule has 21 heavy (non-hydrogen) atoms. The topological polar surface area (TPSA) is 63.1 Å². The molecule has 1 spiro atoms. The van der Waals surface area contributed by atoms with Crippen LogP contribution in [0, 0.1) is 18.3 Å². The average molecular weight is 312 g/mol. The van der Waals surface area contributed by atoms with Gasteiger partial charge in [0, 0.05) is 19.2 Å². The average Bonchev–Trinajstić information content (AvgIpc) is 3.13. The zero-order chi connectivity index (χ0) is 14.3. The second kappa shape index (κ2) is 5.81. The maximum Gasteiger partial charge on any atom is 0.274 e. The van der Waals surface area contributed by atoms with Crippen molar-refractivity contribution >= 4 is 24.0 Å². The van der Waals surface area contributed by atoms with Gasteiger partial charge < -0.3 is 15.2 Å². The minimum absolute atomic E-state index is 0. The van der Waals surface area contributed by atoms with Gasteiger partial charge in [-0.25, -0.2) is 0 Å². The van der Waals surface area contributed by atoms with Crippen LogP contribution in [0.4, 0.5) is 5.69 Å². The Morgan fingerprint density at radius 1 is 1.43 bits per heavy atom. The van der Waals surface area contributed by atoms with Gasteiger partial charge in [0.2, 0.25) is 5.91 Å². The number of halogens is 1. The van der Waals surface area contributed by atoms with Gasteiger partial charge in [-0.1, -0.05) is 0 Å². The third kappa shape index (κ3) is 2.85. The first-order valence-electron chi connectivity index (χ1n) is 7.21. The fourth-order valence-corrected chi connectivity index (χ4v) is 3.28. The van der Waals surface area contributed by atoms with Crippen LogP contribution in [0.5, 0.6) is 0 Å². The Bertz CT molecular complexity index is 605. The standard InChI is InChI=1S/C15H21N3O2.ClH/c1-10-3-8-18(2)14(20)12(10)17-13(19)11-9-15(11)4-6-16-7-5-15;/h3,8,11,16H,4-7,9H2,1-2H3,(H,17,19);1H. The monoisotopic (exact) mass is 311 g/mol. The van der Waals surface area contributed by atoms with E-state index in [4.69, 9.17) is 0 Å². The zero-order valence-corrected chi connectivity index (χ0v) is 13.3. The molecule has 116 valence electrons. The number of carbonyl (C=O) groups is 1. The second-order valence-electron chi connectivity index (χ2n) is 6.15. The van der Waals surface area contributed by atoms with E-state index in [-0.39, 0.29) is 35.2 Å². The summed E-state index contributed by atoms with van der Waals surface area (Å²) in [4.78, 5) is 24.5. The Balaban J connectivity index is 0.00000161. The van der Waals surface area contributed by atoms with Gasteiger partial charge in [0.05, 0.1) is 0 Å².